The van der Waals surface area contributed by atoms with Crippen LogP contribution in [0, 0.1) is 11.2 Å². The van der Waals surface area contributed by atoms with Crippen LogP contribution in [0.15, 0.2) is 29.4 Å². The van der Waals surface area contributed by atoms with Gasteiger partial charge in [-0.15, -0.1) is 0 Å². The third kappa shape index (κ3) is 5.25. The van der Waals surface area contributed by atoms with Gasteiger partial charge in [0.2, 0.25) is 0 Å². The summed E-state index contributed by atoms with van der Waals surface area (Å²) in [5.74, 6) is 0.0546. The summed E-state index contributed by atoms with van der Waals surface area (Å²) in [7, 11) is 0. The van der Waals surface area contributed by atoms with Gasteiger partial charge in [0, 0.05) is 24.2 Å². The molecule has 0 spiro atoms. The van der Waals surface area contributed by atoms with Crippen LogP contribution in [0.5, 0.6) is 0 Å². The van der Waals surface area contributed by atoms with E-state index < -0.39 is 0 Å². The van der Waals surface area contributed by atoms with Gasteiger partial charge in [-0.05, 0) is 38.0 Å². The molecule has 0 bridgehead atoms. The molecular formula is C16H26FN3O. The largest absolute Gasteiger partial charge is 0.409 e. The molecule has 0 saturated carbocycles. The quantitative estimate of drug-likeness (QED) is 0.253. The van der Waals surface area contributed by atoms with Crippen molar-refractivity contribution in [2.75, 3.05) is 18.0 Å². The van der Waals surface area contributed by atoms with E-state index in [2.05, 4.69) is 17.0 Å². The first kappa shape index (κ1) is 17.3. The fourth-order valence-corrected chi connectivity index (χ4v) is 2.28. The van der Waals surface area contributed by atoms with E-state index in [1.54, 1.807) is 12.1 Å². The number of nitrogens with two attached hydrogens (primary N) is 1. The van der Waals surface area contributed by atoms with Gasteiger partial charge >= 0.3 is 0 Å². The van der Waals surface area contributed by atoms with Gasteiger partial charge in [-0.25, -0.2) is 4.39 Å². The summed E-state index contributed by atoms with van der Waals surface area (Å²) in [5, 5.41) is 11.8. The van der Waals surface area contributed by atoms with Gasteiger partial charge in [0.15, 0.2) is 0 Å². The highest BCUT2D eigenvalue weighted by Gasteiger charge is 2.22. The van der Waals surface area contributed by atoms with Gasteiger partial charge in [-0.1, -0.05) is 31.5 Å². The van der Waals surface area contributed by atoms with E-state index >= 15 is 0 Å². The minimum Gasteiger partial charge on any atom is -0.409 e. The van der Waals surface area contributed by atoms with E-state index in [-0.39, 0.29) is 17.1 Å². The van der Waals surface area contributed by atoms with Crippen LogP contribution in [0.1, 0.15) is 40.0 Å². The van der Waals surface area contributed by atoms with Crippen LogP contribution in [-0.2, 0) is 0 Å². The predicted octanol–water partition coefficient (Wildman–Crippen LogP) is 3.59. The average Bonchev–Trinajstić information content (AvgIpc) is 2.46. The SMILES string of the molecule is CCN(CCCCC(C)(C)/C(N)=N/O)c1cccc(F)c1. The Morgan fingerprint density at radius 2 is 2.10 bits per heavy atom. The summed E-state index contributed by atoms with van der Waals surface area (Å²) < 4.78 is 13.3. The van der Waals surface area contributed by atoms with Crippen molar-refractivity contribution >= 4 is 11.5 Å². The van der Waals surface area contributed by atoms with Crippen LogP contribution in [-0.4, -0.2) is 24.1 Å². The third-order valence-corrected chi connectivity index (χ3v) is 3.84. The zero-order chi connectivity index (χ0) is 15.9. The lowest BCUT2D eigenvalue weighted by Crippen LogP contribution is -2.32. The van der Waals surface area contributed by atoms with Crippen molar-refractivity contribution in [3.8, 4) is 0 Å². The smallest absolute Gasteiger partial charge is 0.144 e. The summed E-state index contributed by atoms with van der Waals surface area (Å²) in [6, 6.07) is 6.67. The van der Waals surface area contributed by atoms with E-state index in [1.165, 1.54) is 6.07 Å². The van der Waals surface area contributed by atoms with Crippen LogP contribution < -0.4 is 10.6 Å². The Kier molecular flexibility index (Phi) is 6.46. The highest BCUT2D eigenvalue weighted by Crippen LogP contribution is 2.24. The second kappa shape index (κ2) is 7.86. The first-order chi connectivity index (χ1) is 9.90. The maximum Gasteiger partial charge on any atom is 0.144 e. The summed E-state index contributed by atoms with van der Waals surface area (Å²) >= 11 is 0. The Morgan fingerprint density at radius 1 is 1.38 bits per heavy atom. The molecule has 1 rings (SSSR count). The lowest BCUT2D eigenvalue weighted by atomic mass is 9.86. The Bertz CT molecular complexity index is 474. The van der Waals surface area contributed by atoms with Crippen LogP contribution in [0.4, 0.5) is 10.1 Å². The molecule has 0 saturated heterocycles. The second-order valence-corrected chi connectivity index (χ2v) is 5.89. The lowest BCUT2D eigenvalue weighted by molar-refractivity contribution is 0.304. The van der Waals surface area contributed by atoms with Crippen LogP contribution in [0.2, 0.25) is 0 Å². The maximum atomic E-state index is 13.3. The van der Waals surface area contributed by atoms with Crippen LogP contribution in [0.3, 0.4) is 0 Å². The molecule has 1 aromatic rings. The number of anilines is 1. The molecule has 1 aromatic carbocycles. The number of nitrogens with zero attached hydrogens (tertiary/aromatic N) is 2. The lowest BCUT2D eigenvalue weighted by Gasteiger charge is -2.25. The number of benzene rings is 1. The summed E-state index contributed by atoms with van der Waals surface area (Å²) in [6.07, 6.45) is 2.80. The predicted molar refractivity (Wildman–Crippen MR) is 85.3 cm³/mol. The molecule has 3 N–H and O–H groups in total. The number of rotatable bonds is 8. The minimum absolute atomic E-state index is 0.209. The van der Waals surface area contributed by atoms with E-state index in [0.29, 0.717) is 0 Å². The molecule has 0 atom stereocenters. The molecule has 0 unspecified atom stereocenters. The van der Waals surface area contributed by atoms with Crippen molar-refractivity contribution in [1.29, 1.82) is 0 Å². The molecule has 0 amide bonds. The third-order valence-electron chi connectivity index (χ3n) is 3.84. The summed E-state index contributed by atoms with van der Waals surface area (Å²) in [4.78, 5) is 2.15. The average molecular weight is 295 g/mol. The zero-order valence-corrected chi connectivity index (χ0v) is 13.1. The molecule has 0 fully saturated rings. The number of unbranched alkanes of at least 4 members (excludes halogenated alkanes) is 1. The highest BCUT2D eigenvalue weighted by molar-refractivity contribution is 5.85. The number of hydrogen-bond acceptors (Lipinski definition) is 3. The number of amidine groups is 1. The van der Waals surface area contributed by atoms with E-state index in [1.807, 2.05) is 19.9 Å². The standard InChI is InChI=1S/C16H26FN3O/c1-4-20(14-9-7-8-13(17)12-14)11-6-5-10-16(2,3)15(18)19-21/h7-9,12,21H,4-6,10-11H2,1-3H3,(H2,18,19). The summed E-state index contributed by atoms with van der Waals surface area (Å²) in [5.41, 5.74) is 6.28. The van der Waals surface area contributed by atoms with Gasteiger partial charge in [0.1, 0.15) is 11.7 Å². The van der Waals surface area contributed by atoms with Crippen molar-refractivity contribution in [1.82, 2.24) is 0 Å². The molecule has 118 valence electrons. The van der Waals surface area contributed by atoms with Gasteiger partial charge < -0.3 is 15.8 Å². The maximum absolute atomic E-state index is 13.3. The molecular weight excluding hydrogens is 269 g/mol. The fourth-order valence-electron chi connectivity index (χ4n) is 2.28. The topological polar surface area (TPSA) is 61.8 Å². The monoisotopic (exact) mass is 295 g/mol. The first-order valence-electron chi connectivity index (χ1n) is 7.39. The normalized spacial score (nSPS) is 12.5. The minimum atomic E-state index is -0.301. The molecule has 21 heavy (non-hydrogen) atoms. The zero-order valence-electron chi connectivity index (χ0n) is 13.1. The van der Waals surface area contributed by atoms with E-state index in [4.69, 9.17) is 10.9 Å². The molecule has 0 aliphatic rings. The Balaban J connectivity index is 2.47. The number of oxime groups is 1. The first-order valence-corrected chi connectivity index (χ1v) is 7.39. The highest BCUT2D eigenvalue weighted by atomic mass is 19.1. The molecule has 0 heterocycles. The summed E-state index contributed by atoms with van der Waals surface area (Å²) in [6.45, 7) is 7.70. The van der Waals surface area contributed by atoms with Gasteiger partial charge in [0.25, 0.3) is 0 Å². The van der Waals surface area contributed by atoms with Crippen LogP contribution >= 0.6 is 0 Å². The van der Waals surface area contributed by atoms with Crippen molar-refractivity contribution in [2.45, 2.75) is 40.0 Å². The molecule has 0 aliphatic heterocycles. The van der Waals surface area contributed by atoms with Crippen molar-refractivity contribution in [3.63, 3.8) is 0 Å². The Hall–Kier alpha value is -1.78. The van der Waals surface area contributed by atoms with Crippen molar-refractivity contribution < 1.29 is 9.60 Å². The van der Waals surface area contributed by atoms with Gasteiger partial charge in [0.05, 0.1) is 0 Å². The van der Waals surface area contributed by atoms with Gasteiger partial charge in [-0.2, -0.15) is 0 Å². The van der Waals surface area contributed by atoms with E-state index in [9.17, 15) is 4.39 Å². The van der Waals surface area contributed by atoms with Crippen LogP contribution in [0.25, 0.3) is 0 Å². The molecule has 5 heteroatoms. The fraction of sp³-hybridized carbons (Fsp3) is 0.562. The second-order valence-electron chi connectivity index (χ2n) is 5.89. The van der Waals surface area contributed by atoms with Crippen molar-refractivity contribution in [2.24, 2.45) is 16.3 Å². The number of halogens is 1. The molecule has 4 nitrogen and oxygen atoms in total. The van der Waals surface area contributed by atoms with Crippen molar-refractivity contribution in [3.05, 3.63) is 30.1 Å². The van der Waals surface area contributed by atoms with E-state index in [0.717, 1.165) is 38.0 Å². The molecule has 0 aliphatic carbocycles. The Morgan fingerprint density at radius 3 is 2.67 bits per heavy atom. The van der Waals surface area contributed by atoms with Gasteiger partial charge in [-0.3, -0.25) is 0 Å². The molecule has 0 aromatic heterocycles. The Labute approximate surface area is 126 Å². The number of hydrogen-bond donors (Lipinski definition) is 2. The molecule has 0 radical (unpaired) electrons.